The number of carbonyl (C=O) groups is 1. The van der Waals surface area contributed by atoms with Crippen LogP contribution in [0.2, 0.25) is 0 Å². The van der Waals surface area contributed by atoms with Crippen molar-refractivity contribution >= 4 is 30.7 Å². The Morgan fingerprint density at radius 2 is 1.92 bits per heavy atom. The molecule has 2 atom stereocenters. The summed E-state index contributed by atoms with van der Waals surface area (Å²) in [4.78, 5) is 16.8. The van der Waals surface area contributed by atoms with Crippen LogP contribution in [-0.4, -0.2) is 61.1 Å². The molecular weight excluding hydrogens is 349 g/mol. The molecule has 3 rings (SSSR count). The van der Waals surface area contributed by atoms with Crippen LogP contribution >= 0.6 is 24.8 Å². The van der Waals surface area contributed by atoms with E-state index in [0.29, 0.717) is 25.6 Å². The van der Waals surface area contributed by atoms with Gasteiger partial charge in [0.25, 0.3) is 5.91 Å². The lowest BCUT2D eigenvalue weighted by molar-refractivity contribution is -0.148. The van der Waals surface area contributed by atoms with Crippen LogP contribution in [0.1, 0.15) is 12.0 Å². The van der Waals surface area contributed by atoms with Gasteiger partial charge in [-0.1, -0.05) is 30.3 Å². The molecule has 24 heavy (non-hydrogen) atoms. The first-order valence-electron chi connectivity index (χ1n) is 8.13. The molecule has 0 radical (unpaired) electrons. The second kappa shape index (κ2) is 10.2. The number of nitrogens with two attached hydrogens (primary N) is 1. The maximum absolute atomic E-state index is 12.6. The molecule has 0 aliphatic carbocycles. The van der Waals surface area contributed by atoms with E-state index in [2.05, 4.69) is 29.2 Å². The van der Waals surface area contributed by atoms with Gasteiger partial charge in [0.05, 0.1) is 6.61 Å². The normalized spacial score (nSPS) is 24.1. The van der Waals surface area contributed by atoms with Crippen LogP contribution in [0.15, 0.2) is 30.3 Å². The summed E-state index contributed by atoms with van der Waals surface area (Å²) < 4.78 is 5.72. The highest BCUT2D eigenvalue weighted by molar-refractivity contribution is 5.85. The Morgan fingerprint density at radius 3 is 2.58 bits per heavy atom. The molecule has 2 heterocycles. The molecule has 0 saturated carbocycles. The lowest BCUT2D eigenvalue weighted by Crippen LogP contribution is -2.50. The number of halogens is 2. The minimum Gasteiger partial charge on any atom is -0.366 e. The van der Waals surface area contributed by atoms with E-state index in [4.69, 9.17) is 10.5 Å². The van der Waals surface area contributed by atoms with E-state index in [1.165, 1.54) is 5.56 Å². The van der Waals surface area contributed by atoms with Crippen LogP contribution in [-0.2, 0) is 16.1 Å². The maximum atomic E-state index is 12.6. The molecule has 1 aromatic carbocycles. The first-order valence-corrected chi connectivity index (χ1v) is 8.13. The van der Waals surface area contributed by atoms with Crippen molar-refractivity contribution < 1.29 is 9.53 Å². The molecule has 2 N–H and O–H groups in total. The Hall–Kier alpha value is -0.850. The molecule has 136 valence electrons. The van der Waals surface area contributed by atoms with Crippen LogP contribution in [0.4, 0.5) is 0 Å². The molecule has 0 bridgehead atoms. The molecular formula is C17H27Cl2N3O2. The van der Waals surface area contributed by atoms with E-state index in [-0.39, 0.29) is 36.8 Å². The first kappa shape index (κ1) is 21.2. The lowest BCUT2D eigenvalue weighted by atomic mass is 10.1. The molecule has 2 aliphatic rings. The van der Waals surface area contributed by atoms with Crippen LogP contribution in [0.25, 0.3) is 0 Å². The third-order valence-electron chi connectivity index (χ3n) is 4.61. The number of likely N-dealkylation sites (tertiary alicyclic amines) is 1. The molecule has 5 nitrogen and oxygen atoms in total. The fraction of sp³-hybridized carbons (Fsp3) is 0.588. The third-order valence-corrected chi connectivity index (χ3v) is 4.61. The van der Waals surface area contributed by atoms with Gasteiger partial charge < -0.3 is 15.4 Å². The Kier molecular flexibility index (Phi) is 9.02. The van der Waals surface area contributed by atoms with Crippen molar-refractivity contribution in [3.63, 3.8) is 0 Å². The summed E-state index contributed by atoms with van der Waals surface area (Å²) in [5.41, 5.74) is 6.98. The summed E-state index contributed by atoms with van der Waals surface area (Å²) >= 11 is 0. The number of ether oxygens (including phenoxy) is 1. The van der Waals surface area contributed by atoms with E-state index in [0.717, 1.165) is 32.6 Å². The second-order valence-electron chi connectivity index (χ2n) is 6.25. The van der Waals surface area contributed by atoms with Crippen molar-refractivity contribution in [1.29, 1.82) is 0 Å². The zero-order valence-corrected chi connectivity index (χ0v) is 15.4. The summed E-state index contributed by atoms with van der Waals surface area (Å²) in [6.07, 6.45) is 0.692. The molecule has 2 fully saturated rings. The molecule has 7 heteroatoms. The number of hydrogen-bond acceptors (Lipinski definition) is 4. The van der Waals surface area contributed by atoms with Crippen LogP contribution in [0.5, 0.6) is 0 Å². The van der Waals surface area contributed by atoms with Crippen LogP contribution < -0.4 is 5.73 Å². The summed E-state index contributed by atoms with van der Waals surface area (Å²) in [5.74, 6) is 0.585. The Balaban J connectivity index is 0.00000144. The quantitative estimate of drug-likeness (QED) is 0.866. The van der Waals surface area contributed by atoms with Gasteiger partial charge in [0.1, 0.15) is 6.10 Å². The largest absolute Gasteiger partial charge is 0.366 e. The average Bonchev–Trinajstić information content (AvgIpc) is 3.04. The van der Waals surface area contributed by atoms with Gasteiger partial charge in [0.15, 0.2) is 0 Å². The van der Waals surface area contributed by atoms with Crippen molar-refractivity contribution in [2.24, 2.45) is 11.7 Å². The van der Waals surface area contributed by atoms with Crippen LogP contribution in [0.3, 0.4) is 0 Å². The summed E-state index contributed by atoms with van der Waals surface area (Å²) in [7, 11) is 0. The number of rotatable bonds is 4. The Morgan fingerprint density at radius 1 is 1.17 bits per heavy atom. The van der Waals surface area contributed by atoms with E-state index < -0.39 is 0 Å². The fourth-order valence-corrected chi connectivity index (χ4v) is 3.27. The van der Waals surface area contributed by atoms with Crippen molar-refractivity contribution in [2.75, 3.05) is 39.3 Å². The van der Waals surface area contributed by atoms with E-state index in [1.807, 2.05) is 11.0 Å². The van der Waals surface area contributed by atoms with Gasteiger partial charge in [-0.15, -0.1) is 24.8 Å². The van der Waals surface area contributed by atoms with Gasteiger partial charge in [0.2, 0.25) is 0 Å². The summed E-state index contributed by atoms with van der Waals surface area (Å²) in [5, 5.41) is 0. The minimum atomic E-state index is -0.325. The maximum Gasteiger partial charge on any atom is 0.253 e. The number of nitrogens with zero attached hydrogens (tertiary/aromatic N) is 2. The highest BCUT2D eigenvalue weighted by Crippen LogP contribution is 2.18. The molecule has 2 aliphatic heterocycles. The van der Waals surface area contributed by atoms with Crippen molar-refractivity contribution in [3.05, 3.63) is 35.9 Å². The van der Waals surface area contributed by atoms with Gasteiger partial charge >= 0.3 is 0 Å². The zero-order valence-electron chi connectivity index (χ0n) is 13.8. The summed E-state index contributed by atoms with van der Waals surface area (Å²) in [6.45, 7) is 5.32. The average molecular weight is 376 g/mol. The monoisotopic (exact) mass is 375 g/mol. The molecule has 2 saturated heterocycles. The Bertz CT molecular complexity index is 504. The molecule has 1 amide bonds. The van der Waals surface area contributed by atoms with Gasteiger partial charge in [-0.25, -0.2) is 0 Å². The molecule has 0 aromatic heterocycles. The fourth-order valence-electron chi connectivity index (χ4n) is 3.27. The smallest absolute Gasteiger partial charge is 0.253 e. The van der Waals surface area contributed by atoms with Crippen molar-refractivity contribution in [2.45, 2.75) is 19.1 Å². The van der Waals surface area contributed by atoms with Crippen molar-refractivity contribution in [1.82, 2.24) is 9.80 Å². The van der Waals surface area contributed by atoms with Gasteiger partial charge in [-0.3, -0.25) is 9.69 Å². The minimum absolute atomic E-state index is 0. The SMILES string of the molecule is Cl.Cl.NCC1CCN(C(=O)C2CN(Cc3ccccc3)CCO2)C1. The molecule has 1 aromatic rings. The third kappa shape index (κ3) is 5.33. The molecule has 2 unspecified atom stereocenters. The van der Waals surface area contributed by atoms with Crippen molar-refractivity contribution in [3.8, 4) is 0 Å². The standard InChI is InChI=1S/C17H25N3O2.2ClH/c18-10-15-6-7-20(12-15)17(21)16-13-19(8-9-22-16)11-14-4-2-1-3-5-14;;/h1-5,15-16H,6-13,18H2;2*1H. The molecule has 0 spiro atoms. The predicted octanol–water partition coefficient (Wildman–Crippen LogP) is 1.54. The number of carbonyl (C=O) groups excluding carboxylic acids is 1. The number of amides is 1. The lowest BCUT2D eigenvalue weighted by Gasteiger charge is -2.34. The van der Waals surface area contributed by atoms with Gasteiger partial charge in [-0.2, -0.15) is 0 Å². The van der Waals surface area contributed by atoms with E-state index in [9.17, 15) is 4.79 Å². The zero-order chi connectivity index (χ0) is 15.4. The summed E-state index contributed by atoms with van der Waals surface area (Å²) in [6, 6.07) is 10.4. The van der Waals surface area contributed by atoms with Gasteiger partial charge in [0, 0.05) is 32.7 Å². The second-order valence-corrected chi connectivity index (χ2v) is 6.25. The number of benzene rings is 1. The number of hydrogen-bond donors (Lipinski definition) is 1. The Labute approximate surface area is 156 Å². The topological polar surface area (TPSA) is 58.8 Å². The first-order chi connectivity index (χ1) is 10.8. The van der Waals surface area contributed by atoms with Gasteiger partial charge in [-0.05, 0) is 24.4 Å². The number of morpholine rings is 1. The van der Waals surface area contributed by atoms with E-state index in [1.54, 1.807) is 0 Å². The highest BCUT2D eigenvalue weighted by Gasteiger charge is 2.33. The predicted molar refractivity (Wildman–Crippen MR) is 99.7 cm³/mol. The highest BCUT2D eigenvalue weighted by atomic mass is 35.5. The van der Waals surface area contributed by atoms with E-state index >= 15 is 0 Å². The van der Waals surface area contributed by atoms with Crippen LogP contribution in [0, 0.1) is 5.92 Å².